The van der Waals surface area contributed by atoms with Gasteiger partial charge in [0.1, 0.15) is 12.7 Å². The van der Waals surface area contributed by atoms with Gasteiger partial charge in [0.25, 0.3) is 0 Å². The zero-order valence-electron chi connectivity index (χ0n) is 5.59. The fraction of sp³-hybridized carbons (Fsp3) is 0.400. The van der Waals surface area contributed by atoms with Crippen LogP contribution in [0.5, 0.6) is 0 Å². The van der Waals surface area contributed by atoms with Crippen molar-refractivity contribution in [2.75, 3.05) is 0 Å². The Balaban J connectivity index is 2.98. The molecule has 3 nitrogen and oxygen atoms in total. The molecule has 0 aliphatic heterocycles. The Morgan fingerprint density at radius 1 is 1.17 bits per heavy atom. The Kier molecular flexibility index (Phi) is 2.20. The molecule has 0 fully saturated rings. The maximum Gasteiger partial charge on any atom is 0.365 e. The smallest absolute Gasteiger partial charge is 0.225 e. The van der Waals surface area contributed by atoms with Gasteiger partial charge in [0.15, 0.2) is 0 Å². The highest BCUT2D eigenvalue weighted by Crippen LogP contribution is 2.31. The summed E-state index contributed by atoms with van der Waals surface area (Å²) in [5.41, 5.74) is 0. The highest BCUT2D eigenvalue weighted by atomic mass is 19.3. The van der Waals surface area contributed by atoms with Crippen molar-refractivity contribution in [3.63, 3.8) is 0 Å². The van der Waals surface area contributed by atoms with Crippen molar-refractivity contribution in [2.24, 2.45) is 0 Å². The van der Waals surface area contributed by atoms with Gasteiger partial charge in [-0.3, -0.25) is 0 Å². The largest absolute Gasteiger partial charge is 0.365 e. The summed E-state index contributed by atoms with van der Waals surface area (Å²) in [6, 6.07) is 0. The van der Waals surface area contributed by atoms with Gasteiger partial charge in [-0.15, -0.1) is 0 Å². The molecular formula is C5H3F4N3. The number of hydrogen-bond donors (Lipinski definition) is 0. The lowest BCUT2D eigenvalue weighted by Crippen LogP contribution is -2.26. The average Bonchev–Trinajstić information content (AvgIpc) is 2.06. The average molecular weight is 181 g/mol. The molecule has 0 aromatic carbocycles. The molecular weight excluding hydrogens is 178 g/mol. The highest BCUT2D eigenvalue weighted by Gasteiger charge is 2.45. The van der Waals surface area contributed by atoms with Crippen molar-refractivity contribution in [2.45, 2.75) is 12.3 Å². The number of hydrogen-bond acceptors (Lipinski definition) is 3. The van der Waals surface area contributed by atoms with Crippen molar-refractivity contribution < 1.29 is 17.6 Å². The summed E-state index contributed by atoms with van der Waals surface area (Å²) in [6.07, 6.45) is -2.34. The van der Waals surface area contributed by atoms with E-state index in [0.717, 1.165) is 12.7 Å². The molecule has 1 rings (SSSR count). The van der Waals surface area contributed by atoms with E-state index in [9.17, 15) is 17.6 Å². The molecule has 66 valence electrons. The molecule has 0 bridgehead atoms. The van der Waals surface area contributed by atoms with Crippen LogP contribution in [-0.2, 0) is 5.92 Å². The molecule has 0 unspecified atom stereocenters. The Bertz CT molecular complexity index is 250. The van der Waals surface area contributed by atoms with Gasteiger partial charge in [-0.2, -0.15) is 8.78 Å². The van der Waals surface area contributed by atoms with Gasteiger partial charge in [-0.25, -0.2) is 23.7 Å². The van der Waals surface area contributed by atoms with E-state index >= 15 is 0 Å². The Hall–Kier alpha value is -1.27. The van der Waals surface area contributed by atoms with Gasteiger partial charge in [0.05, 0.1) is 0 Å². The molecule has 0 saturated heterocycles. The molecule has 12 heavy (non-hydrogen) atoms. The normalized spacial score (nSPS) is 12.1. The van der Waals surface area contributed by atoms with Crippen LogP contribution in [0.4, 0.5) is 17.6 Å². The number of aromatic nitrogens is 3. The van der Waals surface area contributed by atoms with Gasteiger partial charge in [0, 0.05) is 0 Å². The first kappa shape index (κ1) is 8.82. The van der Waals surface area contributed by atoms with Gasteiger partial charge in [0.2, 0.25) is 5.82 Å². The first-order valence-corrected chi connectivity index (χ1v) is 2.83. The molecule has 0 aliphatic carbocycles. The van der Waals surface area contributed by atoms with Gasteiger partial charge >= 0.3 is 12.3 Å². The highest BCUT2D eigenvalue weighted by molar-refractivity contribution is 4.94. The minimum Gasteiger partial charge on any atom is -0.225 e. The molecule has 7 heteroatoms. The van der Waals surface area contributed by atoms with Crippen molar-refractivity contribution in [3.05, 3.63) is 18.5 Å². The zero-order valence-corrected chi connectivity index (χ0v) is 5.59. The van der Waals surface area contributed by atoms with E-state index in [4.69, 9.17) is 0 Å². The standard InChI is InChI=1S/C5H3F4N3/c6-3(7)5(8,9)4-11-1-10-2-12-4/h1-3H. The summed E-state index contributed by atoms with van der Waals surface area (Å²) in [7, 11) is 0. The van der Waals surface area contributed by atoms with Crippen LogP contribution in [0.1, 0.15) is 5.82 Å². The predicted molar refractivity (Wildman–Crippen MR) is 29.7 cm³/mol. The molecule has 1 aromatic rings. The molecule has 0 N–H and O–H groups in total. The van der Waals surface area contributed by atoms with Crippen molar-refractivity contribution in [1.29, 1.82) is 0 Å². The first-order chi connectivity index (χ1) is 5.55. The van der Waals surface area contributed by atoms with Crippen molar-refractivity contribution >= 4 is 0 Å². The minimum atomic E-state index is -4.30. The molecule has 0 atom stereocenters. The fourth-order valence-electron chi connectivity index (χ4n) is 0.509. The monoisotopic (exact) mass is 181 g/mol. The van der Waals surface area contributed by atoms with E-state index in [2.05, 4.69) is 15.0 Å². The lowest BCUT2D eigenvalue weighted by atomic mass is 10.3. The second-order valence-corrected chi connectivity index (χ2v) is 1.89. The van der Waals surface area contributed by atoms with Crippen LogP contribution >= 0.6 is 0 Å². The number of halogens is 4. The van der Waals surface area contributed by atoms with E-state index in [0.29, 0.717) is 0 Å². The van der Waals surface area contributed by atoms with Gasteiger partial charge in [-0.1, -0.05) is 0 Å². The summed E-state index contributed by atoms with van der Waals surface area (Å²) in [6.45, 7) is 0. The number of alkyl halides is 4. The van der Waals surface area contributed by atoms with Crippen LogP contribution in [0.3, 0.4) is 0 Å². The number of nitrogens with zero attached hydrogens (tertiary/aromatic N) is 3. The van der Waals surface area contributed by atoms with E-state index < -0.39 is 18.2 Å². The molecule has 0 radical (unpaired) electrons. The minimum absolute atomic E-state index is 0.735. The van der Waals surface area contributed by atoms with Crippen LogP contribution in [0.15, 0.2) is 12.7 Å². The Labute approximate surface area is 64.5 Å². The second kappa shape index (κ2) is 3.00. The van der Waals surface area contributed by atoms with Gasteiger partial charge < -0.3 is 0 Å². The predicted octanol–water partition coefficient (Wildman–Crippen LogP) is 1.23. The third kappa shape index (κ3) is 1.49. The summed E-state index contributed by atoms with van der Waals surface area (Å²) in [4.78, 5) is 9.06. The molecule has 0 amide bonds. The van der Waals surface area contributed by atoms with E-state index in [1.54, 1.807) is 0 Å². The van der Waals surface area contributed by atoms with Crippen molar-refractivity contribution in [3.8, 4) is 0 Å². The summed E-state index contributed by atoms with van der Waals surface area (Å²) in [5.74, 6) is -5.52. The maximum atomic E-state index is 12.4. The number of rotatable bonds is 2. The second-order valence-electron chi connectivity index (χ2n) is 1.89. The molecule has 0 spiro atoms. The van der Waals surface area contributed by atoms with E-state index in [1.807, 2.05) is 0 Å². The Morgan fingerprint density at radius 2 is 1.67 bits per heavy atom. The fourth-order valence-corrected chi connectivity index (χ4v) is 0.509. The van der Waals surface area contributed by atoms with Crippen LogP contribution in [0.25, 0.3) is 0 Å². The third-order valence-corrected chi connectivity index (χ3v) is 1.07. The zero-order chi connectivity index (χ0) is 9.19. The molecule has 1 aromatic heterocycles. The summed E-state index contributed by atoms with van der Waals surface area (Å²) < 4.78 is 48.0. The van der Waals surface area contributed by atoms with Crippen LogP contribution in [-0.4, -0.2) is 21.4 Å². The summed E-state index contributed by atoms with van der Waals surface area (Å²) in [5, 5.41) is 0. The van der Waals surface area contributed by atoms with Crippen LogP contribution in [0, 0.1) is 0 Å². The first-order valence-electron chi connectivity index (χ1n) is 2.83. The Morgan fingerprint density at radius 3 is 2.08 bits per heavy atom. The van der Waals surface area contributed by atoms with Crippen LogP contribution < -0.4 is 0 Å². The topological polar surface area (TPSA) is 38.7 Å². The molecule has 0 aliphatic rings. The van der Waals surface area contributed by atoms with E-state index in [-0.39, 0.29) is 0 Å². The van der Waals surface area contributed by atoms with Crippen molar-refractivity contribution in [1.82, 2.24) is 15.0 Å². The van der Waals surface area contributed by atoms with E-state index in [1.165, 1.54) is 0 Å². The lowest BCUT2D eigenvalue weighted by molar-refractivity contribution is -0.141. The lowest BCUT2D eigenvalue weighted by Gasteiger charge is -2.11. The SMILES string of the molecule is FC(F)C(F)(F)c1ncncn1. The summed E-state index contributed by atoms with van der Waals surface area (Å²) >= 11 is 0. The third-order valence-electron chi connectivity index (χ3n) is 1.07. The maximum absolute atomic E-state index is 12.4. The quantitative estimate of drug-likeness (QED) is 0.644. The van der Waals surface area contributed by atoms with Gasteiger partial charge in [-0.05, 0) is 0 Å². The van der Waals surface area contributed by atoms with Crippen LogP contribution in [0.2, 0.25) is 0 Å². The molecule has 1 heterocycles. The molecule has 0 saturated carbocycles.